The molecule has 0 amide bonds. The number of aryl methyl sites for hydroxylation is 1. The predicted molar refractivity (Wildman–Crippen MR) is 80.5 cm³/mol. The summed E-state index contributed by atoms with van der Waals surface area (Å²) in [6.07, 6.45) is 1.03. The Hall–Kier alpha value is -0.830. The molecule has 0 aliphatic rings. The van der Waals surface area contributed by atoms with Crippen LogP contribution in [0.2, 0.25) is 5.02 Å². The van der Waals surface area contributed by atoms with Gasteiger partial charge in [0.25, 0.3) is 0 Å². The highest BCUT2D eigenvalue weighted by Crippen LogP contribution is 2.15. The highest BCUT2D eigenvalue weighted by Gasteiger charge is 2.04. The lowest BCUT2D eigenvalue weighted by atomic mass is 10.1. The molecule has 1 aromatic carbocycles. The minimum atomic E-state index is 0.466. The van der Waals surface area contributed by atoms with Crippen LogP contribution < -0.4 is 5.32 Å². The van der Waals surface area contributed by atoms with Crippen molar-refractivity contribution in [2.45, 2.75) is 32.9 Å². The van der Waals surface area contributed by atoms with Crippen LogP contribution in [-0.2, 0) is 13.0 Å². The Bertz CT molecular complexity index is 489. The third-order valence-corrected chi connectivity index (χ3v) is 4.13. The van der Waals surface area contributed by atoms with Crippen LogP contribution in [0.5, 0.6) is 0 Å². The van der Waals surface area contributed by atoms with E-state index >= 15 is 0 Å². The van der Waals surface area contributed by atoms with Gasteiger partial charge in [0.15, 0.2) is 0 Å². The van der Waals surface area contributed by atoms with E-state index in [-0.39, 0.29) is 0 Å². The van der Waals surface area contributed by atoms with E-state index in [0.717, 1.165) is 18.0 Å². The molecule has 18 heavy (non-hydrogen) atoms. The first-order valence-corrected chi connectivity index (χ1v) is 7.36. The molecule has 0 saturated heterocycles. The number of hydrogen-bond acceptors (Lipinski definition) is 2. The van der Waals surface area contributed by atoms with Crippen LogP contribution in [0, 0.1) is 6.92 Å². The second-order valence-electron chi connectivity index (χ2n) is 4.62. The lowest BCUT2D eigenvalue weighted by Crippen LogP contribution is -2.27. The van der Waals surface area contributed by atoms with E-state index in [0.29, 0.717) is 6.04 Å². The van der Waals surface area contributed by atoms with E-state index in [2.05, 4.69) is 43.4 Å². The fourth-order valence-corrected chi connectivity index (χ4v) is 2.87. The summed E-state index contributed by atoms with van der Waals surface area (Å²) in [5, 5.41) is 4.35. The van der Waals surface area contributed by atoms with Gasteiger partial charge in [-0.3, -0.25) is 0 Å². The molecule has 0 spiro atoms. The molecule has 1 aromatic heterocycles. The Kier molecular flexibility index (Phi) is 4.81. The average Bonchev–Trinajstić information content (AvgIpc) is 2.76. The van der Waals surface area contributed by atoms with E-state index in [1.165, 1.54) is 15.3 Å². The molecule has 1 heterocycles. The van der Waals surface area contributed by atoms with E-state index in [1.54, 1.807) is 0 Å². The number of halogens is 1. The Morgan fingerprint density at radius 2 is 1.89 bits per heavy atom. The van der Waals surface area contributed by atoms with Gasteiger partial charge in [-0.1, -0.05) is 23.7 Å². The second-order valence-corrected chi connectivity index (χ2v) is 6.43. The summed E-state index contributed by atoms with van der Waals surface area (Å²) in [5.74, 6) is 0. The molecule has 0 radical (unpaired) electrons. The molecule has 3 heteroatoms. The van der Waals surface area contributed by atoms with Crippen LogP contribution in [0.1, 0.15) is 22.2 Å². The minimum Gasteiger partial charge on any atom is -0.309 e. The fraction of sp³-hybridized carbons (Fsp3) is 0.333. The topological polar surface area (TPSA) is 12.0 Å². The summed E-state index contributed by atoms with van der Waals surface area (Å²) < 4.78 is 0. The van der Waals surface area contributed by atoms with Crippen LogP contribution in [0.3, 0.4) is 0 Å². The third-order valence-electron chi connectivity index (χ3n) is 2.88. The Balaban J connectivity index is 1.81. The van der Waals surface area contributed by atoms with Gasteiger partial charge >= 0.3 is 0 Å². The van der Waals surface area contributed by atoms with E-state index in [4.69, 9.17) is 11.6 Å². The number of nitrogens with one attached hydrogen (secondary N) is 1. The SMILES string of the molecule is Cc1ccc(CNC(C)Cc2ccc(Cl)cc2)s1. The minimum absolute atomic E-state index is 0.466. The van der Waals surface area contributed by atoms with Crippen molar-refractivity contribution in [1.82, 2.24) is 5.32 Å². The molecule has 1 N–H and O–H groups in total. The first-order chi connectivity index (χ1) is 8.63. The van der Waals surface area contributed by atoms with Gasteiger partial charge in [0, 0.05) is 27.4 Å². The molecule has 2 aromatic rings. The maximum Gasteiger partial charge on any atom is 0.0406 e. The van der Waals surface area contributed by atoms with E-state index in [9.17, 15) is 0 Å². The molecule has 2 rings (SSSR count). The van der Waals surface area contributed by atoms with Crippen molar-refractivity contribution in [2.24, 2.45) is 0 Å². The number of thiophene rings is 1. The van der Waals surface area contributed by atoms with Gasteiger partial charge < -0.3 is 5.32 Å². The highest BCUT2D eigenvalue weighted by atomic mass is 35.5. The van der Waals surface area contributed by atoms with Crippen molar-refractivity contribution in [3.63, 3.8) is 0 Å². The normalized spacial score (nSPS) is 12.6. The van der Waals surface area contributed by atoms with Crippen molar-refractivity contribution in [3.05, 3.63) is 56.7 Å². The number of hydrogen-bond donors (Lipinski definition) is 1. The van der Waals surface area contributed by atoms with Crippen molar-refractivity contribution in [2.75, 3.05) is 0 Å². The molecule has 1 atom stereocenters. The van der Waals surface area contributed by atoms with Gasteiger partial charge in [-0.05, 0) is 50.1 Å². The van der Waals surface area contributed by atoms with Gasteiger partial charge in [-0.15, -0.1) is 11.3 Å². The van der Waals surface area contributed by atoms with Crippen molar-refractivity contribution >= 4 is 22.9 Å². The molecule has 96 valence electrons. The molecule has 0 aliphatic heterocycles. The summed E-state index contributed by atoms with van der Waals surface area (Å²) in [6, 6.07) is 12.9. The lowest BCUT2D eigenvalue weighted by Gasteiger charge is -2.13. The third kappa shape index (κ3) is 4.13. The van der Waals surface area contributed by atoms with Crippen molar-refractivity contribution in [1.29, 1.82) is 0 Å². The summed E-state index contributed by atoms with van der Waals surface area (Å²) in [4.78, 5) is 2.77. The Morgan fingerprint density at radius 1 is 1.17 bits per heavy atom. The van der Waals surface area contributed by atoms with Gasteiger partial charge in [0.2, 0.25) is 0 Å². The standard InChI is InChI=1S/C15H18ClNS/c1-11(9-13-4-6-14(16)7-5-13)17-10-15-8-3-12(2)18-15/h3-8,11,17H,9-10H2,1-2H3. The zero-order valence-corrected chi connectivity index (χ0v) is 12.3. The first kappa shape index (κ1) is 13.6. The Labute approximate surface area is 118 Å². The van der Waals surface area contributed by atoms with Gasteiger partial charge in [0.1, 0.15) is 0 Å². The number of rotatable bonds is 5. The average molecular weight is 280 g/mol. The summed E-state index contributed by atoms with van der Waals surface area (Å²) >= 11 is 7.74. The summed E-state index contributed by atoms with van der Waals surface area (Å²) in [7, 11) is 0. The highest BCUT2D eigenvalue weighted by molar-refractivity contribution is 7.11. The van der Waals surface area contributed by atoms with Crippen LogP contribution in [0.15, 0.2) is 36.4 Å². The monoisotopic (exact) mass is 279 g/mol. The summed E-state index contributed by atoms with van der Waals surface area (Å²) in [5.41, 5.74) is 1.32. The summed E-state index contributed by atoms with van der Waals surface area (Å²) in [6.45, 7) is 5.31. The largest absolute Gasteiger partial charge is 0.309 e. The predicted octanol–water partition coefficient (Wildman–Crippen LogP) is 4.43. The van der Waals surface area contributed by atoms with Crippen LogP contribution in [0.25, 0.3) is 0 Å². The Morgan fingerprint density at radius 3 is 2.50 bits per heavy atom. The van der Waals surface area contributed by atoms with Gasteiger partial charge in [0.05, 0.1) is 0 Å². The zero-order valence-electron chi connectivity index (χ0n) is 10.7. The molecule has 0 saturated carbocycles. The zero-order chi connectivity index (χ0) is 13.0. The molecule has 1 nitrogen and oxygen atoms in total. The smallest absolute Gasteiger partial charge is 0.0406 e. The van der Waals surface area contributed by atoms with Gasteiger partial charge in [-0.25, -0.2) is 0 Å². The van der Waals surface area contributed by atoms with E-state index < -0.39 is 0 Å². The molecule has 0 fully saturated rings. The maximum absolute atomic E-state index is 5.88. The quantitative estimate of drug-likeness (QED) is 0.854. The molecule has 1 unspecified atom stereocenters. The van der Waals surface area contributed by atoms with Crippen LogP contribution in [0.4, 0.5) is 0 Å². The van der Waals surface area contributed by atoms with Crippen LogP contribution >= 0.6 is 22.9 Å². The molecular formula is C15H18ClNS. The maximum atomic E-state index is 5.88. The molecule has 0 bridgehead atoms. The van der Waals surface area contributed by atoms with Crippen LogP contribution in [-0.4, -0.2) is 6.04 Å². The first-order valence-electron chi connectivity index (χ1n) is 6.16. The second kappa shape index (κ2) is 6.37. The lowest BCUT2D eigenvalue weighted by molar-refractivity contribution is 0.549. The molecule has 0 aliphatic carbocycles. The fourth-order valence-electron chi connectivity index (χ4n) is 1.90. The molecular weight excluding hydrogens is 262 g/mol. The van der Waals surface area contributed by atoms with Crippen molar-refractivity contribution in [3.8, 4) is 0 Å². The van der Waals surface area contributed by atoms with Crippen molar-refractivity contribution < 1.29 is 0 Å². The van der Waals surface area contributed by atoms with Gasteiger partial charge in [-0.2, -0.15) is 0 Å². The van der Waals surface area contributed by atoms with E-state index in [1.807, 2.05) is 23.5 Å². The number of benzene rings is 1.